The fourth-order valence-electron chi connectivity index (χ4n) is 2.19. The third-order valence-electron chi connectivity index (χ3n) is 3.59. The van der Waals surface area contributed by atoms with Crippen molar-refractivity contribution in [1.29, 1.82) is 0 Å². The second-order valence-electron chi connectivity index (χ2n) is 5.80. The molecule has 1 aromatic carbocycles. The topological polar surface area (TPSA) is 73.8 Å². The van der Waals surface area contributed by atoms with Crippen molar-refractivity contribution in [2.45, 2.75) is 31.6 Å². The standard InChI is InChI=1S/C18H30N4O2S.HI/c1-5-7-8-15-22(4)18(19-6-2)20-13-14-21-25(23,24)17-11-9-16(3)10-12-17;/h5,9-12,21H,1,6-8,13-15H2,2-4H3,(H,19,20);1H. The van der Waals surface area contributed by atoms with Gasteiger partial charge in [0.25, 0.3) is 0 Å². The number of nitrogens with zero attached hydrogens (tertiary/aromatic N) is 2. The third kappa shape index (κ3) is 9.00. The molecular weight excluding hydrogens is 463 g/mol. The van der Waals surface area contributed by atoms with Gasteiger partial charge in [0.1, 0.15) is 0 Å². The van der Waals surface area contributed by atoms with Gasteiger partial charge in [0.2, 0.25) is 10.0 Å². The van der Waals surface area contributed by atoms with Gasteiger partial charge in [0, 0.05) is 26.7 Å². The fraction of sp³-hybridized carbons (Fsp3) is 0.500. The van der Waals surface area contributed by atoms with Crippen LogP contribution >= 0.6 is 24.0 Å². The number of nitrogens with one attached hydrogen (secondary N) is 2. The monoisotopic (exact) mass is 494 g/mol. The number of halogens is 1. The number of aryl methyl sites for hydroxylation is 1. The smallest absolute Gasteiger partial charge is 0.240 e. The van der Waals surface area contributed by atoms with E-state index in [9.17, 15) is 8.42 Å². The number of rotatable bonds is 10. The molecule has 0 bridgehead atoms. The molecule has 1 aromatic rings. The van der Waals surface area contributed by atoms with Gasteiger partial charge in [-0.3, -0.25) is 4.99 Å². The van der Waals surface area contributed by atoms with Gasteiger partial charge in [0.15, 0.2) is 5.96 Å². The zero-order valence-electron chi connectivity index (χ0n) is 15.9. The lowest BCUT2D eigenvalue weighted by atomic mass is 10.2. The van der Waals surface area contributed by atoms with Crippen LogP contribution in [0.5, 0.6) is 0 Å². The normalized spacial score (nSPS) is 11.6. The minimum atomic E-state index is -3.49. The Labute approximate surface area is 175 Å². The summed E-state index contributed by atoms with van der Waals surface area (Å²) in [5.41, 5.74) is 1.03. The molecule has 0 aliphatic carbocycles. The molecule has 0 saturated heterocycles. The van der Waals surface area contributed by atoms with Crippen molar-refractivity contribution in [2.75, 3.05) is 33.2 Å². The fourth-order valence-corrected chi connectivity index (χ4v) is 3.21. The number of sulfonamides is 1. The van der Waals surface area contributed by atoms with Crippen LogP contribution in [0.2, 0.25) is 0 Å². The third-order valence-corrected chi connectivity index (χ3v) is 5.07. The van der Waals surface area contributed by atoms with Gasteiger partial charge in [-0.15, -0.1) is 30.6 Å². The van der Waals surface area contributed by atoms with E-state index in [4.69, 9.17) is 0 Å². The summed E-state index contributed by atoms with van der Waals surface area (Å²) in [6, 6.07) is 6.79. The first-order chi connectivity index (χ1) is 11.9. The lowest BCUT2D eigenvalue weighted by molar-refractivity contribution is 0.470. The van der Waals surface area contributed by atoms with E-state index in [2.05, 4.69) is 21.6 Å². The van der Waals surface area contributed by atoms with Crippen LogP contribution in [0, 0.1) is 6.92 Å². The average molecular weight is 494 g/mol. The molecule has 8 heteroatoms. The van der Waals surface area contributed by atoms with E-state index in [0.29, 0.717) is 6.54 Å². The molecule has 0 aliphatic rings. The second-order valence-corrected chi connectivity index (χ2v) is 7.57. The average Bonchev–Trinajstić information content (AvgIpc) is 2.58. The van der Waals surface area contributed by atoms with Crippen LogP contribution in [0.1, 0.15) is 25.3 Å². The Bertz CT molecular complexity index is 660. The summed E-state index contributed by atoms with van der Waals surface area (Å²) in [5, 5.41) is 3.22. The molecule has 0 unspecified atom stereocenters. The van der Waals surface area contributed by atoms with Gasteiger partial charge >= 0.3 is 0 Å². The minimum Gasteiger partial charge on any atom is -0.357 e. The summed E-state index contributed by atoms with van der Waals surface area (Å²) in [5.74, 6) is 0.779. The van der Waals surface area contributed by atoms with Crippen LogP contribution in [0.4, 0.5) is 0 Å². The summed E-state index contributed by atoms with van der Waals surface area (Å²) in [4.78, 5) is 6.80. The van der Waals surface area contributed by atoms with E-state index >= 15 is 0 Å². The number of hydrogen-bond acceptors (Lipinski definition) is 3. The first-order valence-corrected chi connectivity index (χ1v) is 10.1. The summed E-state index contributed by atoms with van der Waals surface area (Å²) in [6.45, 7) is 9.91. The van der Waals surface area contributed by atoms with Crippen molar-refractivity contribution >= 4 is 40.0 Å². The molecule has 0 amide bonds. The molecule has 1 rings (SSSR count). The van der Waals surface area contributed by atoms with Crippen molar-refractivity contribution in [3.05, 3.63) is 42.5 Å². The van der Waals surface area contributed by atoms with E-state index < -0.39 is 10.0 Å². The molecule has 6 nitrogen and oxygen atoms in total. The van der Waals surface area contributed by atoms with E-state index in [1.165, 1.54) is 0 Å². The van der Waals surface area contributed by atoms with Crippen molar-refractivity contribution in [1.82, 2.24) is 14.9 Å². The predicted molar refractivity (Wildman–Crippen MR) is 120 cm³/mol. The van der Waals surface area contributed by atoms with Crippen LogP contribution in [-0.2, 0) is 10.0 Å². The van der Waals surface area contributed by atoms with Crippen molar-refractivity contribution in [3.8, 4) is 0 Å². The van der Waals surface area contributed by atoms with E-state index in [0.717, 1.165) is 37.5 Å². The van der Waals surface area contributed by atoms with E-state index in [1.807, 2.05) is 31.9 Å². The molecule has 2 N–H and O–H groups in total. The Morgan fingerprint density at radius 3 is 2.54 bits per heavy atom. The van der Waals surface area contributed by atoms with Crippen molar-refractivity contribution in [3.63, 3.8) is 0 Å². The number of allylic oxidation sites excluding steroid dienone is 1. The molecular formula is C18H31IN4O2S. The van der Waals surface area contributed by atoms with E-state index in [-0.39, 0.29) is 35.4 Å². The highest BCUT2D eigenvalue weighted by Gasteiger charge is 2.12. The van der Waals surface area contributed by atoms with Crippen LogP contribution in [-0.4, -0.2) is 52.5 Å². The Morgan fingerprint density at radius 2 is 1.96 bits per heavy atom. The zero-order chi connectivity index (χ0) is 18.7. The summed E-state index contributed by atoms with van der Waals surface area (Å²) < 4.78 is 27.0. The zero-order valence-corrected chi connectivity index (χ0v) is 19.0. The maximum Gasteiger partial charge on any atom is 0.240 e. The molecule has 148 valence electrons. The van der Waals surface area contributed by atoms with Gasteiger partial charge < -0.3 is 10.2 Å². The van der Waals surface area contributed by atoms with Crippen molar-refractivity contribution < 1.29 is 8.42 Å². The summed E-state index contributed by atoms with van der Waals surface area (Å²) in [6.07, 6.45) is 3.86. The predicted octanol–water partition coefficient (Wildman–Crippen LogP) is 2.75. The van der Waals surface area contributed by atoms with Gasteiger partial charge in [0.05, 0.1) is 11.4 Å². The molecule has 0 spiro atoms. The number of guanidine groups is 1. The highest BCUT2D eigenvalue weighted by atomic mass is 127. The largest absolute Gasteiger partial charge is 0.357 e. The molecule has 0 radical (unpaired) electrons. The van der Waals surface area contributed by atoms with Crippen molar-refractivity contribution in [2.24, 2.45) is 4.99 Å². The number of benzene rings is 1. The number of unbranched alkanes of at least 4 members (excludes halogenated alkanes) is 1. The Morgan fingerprint density at radius 1 is 1.31 bits per heavy atom. The highest BCUT2D eigenvalue weighted by Crippen LogP contribution is 2.09. The Kier molecular flexibility index (Phi) is 12.5. The maximum atomic E-state index is 12.2. The van der Waals surface area contributed by atoms with Gasteiger partial charge in [-0.25, -0.2) is 13.1 Å². The quantitative estimate of drug-likeness (QED) is 0.173. The molecule has 0 aromatic heterocycles. The summed E-state index contributed by atoms with van der Waals surface area (Å²) in [7, 11) is -1.52. The maximum absolute atomic E-state index is 12.2. The summed E-state index contributed by atoms with van der Waals surface area (Å²) >= 11 is 0. The second kappa shape index (κ2) is 13.1. The lowest BCUT2D eigenvalue weighted by Gasteiger charge is -2.21. The molecule has 0 fully saturated rings. The molecule has 0 aliphatic heterocycles. The van der Waals surface area contributed by atoms with Gasteiger partial charge in [-0.2, -0.15) is 0 Å². The van der Waals surface area contributed by atoms with E-state index in [1.54, 1.807) is 24.3 Å². The first kappa shape index (κ1) is 24.9. The molecule has 0 atom stereocenters. The Hall–Kier alpha value is -1.13. The van der Waals surface area contributed by atoms with Gasteiger partial charge in [-0.1, -0.05) is 23.8 Å². The number of aliphatic imine (C=N–C) groups is 1. The molecule has 0 saturated carbocycles. The SMILES string of the molecule is C=CCCCN(C)C(=NCCNS(=O)(=O)c1ccc(C)cc1)NCC.I. The highest BCUT2D eigenvalue weighted by molar-refractivity contribution is 14.0. The lowest BCUT2D eigenvalue weighted by Crippen LogP contribution is -2.40. The number of hydrogen-bond donors (Lipinski definition) is 2. The van der Waals surface area contributed by atoms with Crippen LogP contribution < -0.4 is 10.0 Å². The molecule has 0 heterocycles. The van der Waals surface area contributed by atoms with Crippen LogP contribution in [0.25, 0.3) is 0 Å². The van der Waals surface area contributed by atoms with Crippen LogP contribution in [0.3, 0.4) is 0 Å². The van der Waals surface area contributed by atoms with Crippen LogP contribution in [0.15, 0.2) is 46.8 Å². The first-order valence-electron chi connectivity index (χ1n) is 8.57. The Balaban J connectivity index is 0.00000625. The minimum absolute atomic E-state index is 0. The molecule has 26 heavy (non-hydrogen) atoms. The van der Waals surface area contributed by atoms with Gasteiger partial charge in [-0.05, 0) is 38.8 Å².